The molecule has 3 N–H and O–H groups in total. The van der Waals surface area contributed by atoms with Gasteiger partial charge in [0.15, 0.2) is 0 Å². The van der Waals surface area contributed by atoms with Crippen molar-refractivity contribution in [2.45, 2.75) is 39.2 Å². The largest absolute Gasteiger partial charge is 0.444 e. The summed E-state index contributed by atoms with van der Waals surface area (Å²) in [6.45, 7) is 7.92. The Morgan fingerprint density at radius 2 is 2.25 bits per heavy atom. The molecule has 1 heterocycles. The molecule has 0 aromatic heterocycles. The number of likely N-dealkylation sites (tertiary alicyclic amines) is 1. The van der Waals surface area contributed by atoms with E-state index in [9.17, 15) is 4.79 Å². The lowest BCUT2D eigenvalue weighted by Gasteiger charge is -2.34. The average molecular weight is 229 g/mol. The van der Waals surface area contributed by atoms with Crippen LogP contribution in [0.1, 0.15) is 33.6 Å². The van der Waals surface area contributed by atoms with E-state index in [-0.39, 0.29) is 6.09 Å². The molecular weight excluding hydrogens is 206 g/mol. The highest BCUT2D eigenvalue weighted by atomic mass is 16.6. The summed E-state index contributed by atoms with van der Waals surface area (Å²) in [5.41, 5.74) is 2.25. The number of carbonyl (C=O) groups excluding carboxylic acids is 1. The Morgan fingerprint density at radius 3 is 2.81 bits per heavy atom. The number of ether oxygens (including phenoxy) is 1. The normalized spacial score (nSPS) is 22.0. The van der Waals surface area contributed by atoms with E-state index in [0.717, 1.165) is 32.5 Å². The Balaban J connectivity index is 2.44. The van der Waals surface area contributed by atoms with E-state index in [4.69, 9.17) is 10.6 Å². The highest BCUT2D eigenvalue weighted by Gasteiger charge is 2.27. The molecule has 1 rings (SSSR count). The molecule has 0 aliphatic carbocycles. The van der Waals surface area contributed by atoms with Crippen LogP contribution in [0.25, 0.3) is 0 Å². The van der Waals surface area contributed by atoms with E-state index in [1.54, 1.807) is 4.90 Å². The first-order valence-corrected chi connectivity index (χ1v) is 5.84. The van der Waals surface area contributed by atoms with Crippen LogP contribution in [0.15, 0.2) is 0 Å². The lowest BCUT2D eigenvalue weighted by Crippen LogP contribution is -2.45. The Hall–Kier alpha value is -0.810. The van der Waals surface area contributed by atoms with E-state index < -0.39 is 5.60 Å². The lowest BCUT2D eigenvalue weighted by molar-refractivity contribution is 0.0166. The van der Waals surface area contributed by atoms with Crippen LogP contribution in [0.3, 0.4) is 0 Å². The van der Waals surface area contributed by atoms with Crippen LogP contribution < -0.4 is 11.3 Å². The third kappa shape index (κ3) is 4.37. The minimum Gasteiger partial charge on any atom is -0.444 e. The fourth-order valence-electron chi connectivity index (χ4n) is 1.89. The summed E-state index contributed by atoms with van der Waals surface area (Å²) < 4.78 is 5.34. The van der Waals surface area contributed by atoms with E-state index in [2.05, 4.69) is 5.43 Å². The monoisotopic (exact) mass is 229 g/mol. The minimum atomic E-state index is -0.420. The fraction of sp³-hybridized carbons (Fsp3) is 0.909. The zero-order valence-electron chi connectivity index (χ0n) is 10.5. The maximum Gasteiger partial charge on any atom is 0.410 e. The molecule has 0 spiro atoms. The molecule has 5 nitrogen and oxygen atoms in total. The summed E-state index contributed by atoms with van der Waals surface area (Å²) in [4.78, 5) is 13.6. The molecule has 1 aliphatic heterocycles. The van der Waals surface area contributed by atoms with Gasteiger partial charge in [-0.05, 0) is 39.5 Å². The highest BCUT2D eigenvalue weighted by molar-refractivity contribution is 5.68. The van der Waals surface area contributed by atoms with Crippen molar-refractivity contribution in [3.05, 3.63) is 0 Å². The first-order valence-electron chi connectivity index (χ1n) is 5.84. The van der Waals surface area contributed by atoms with Crippen LogP contribution in [0, 0.1) is 5.92 Å². The smallest absolute Gasteiger partial charge is 0.410 e. The van der Waals surface area contributed by atoms with Crippen molar-refractivity contribution < 1.29 is 9.53 Å². The third-order valence-electron chi connectivity index (χ3n) is 2.58. The van der Waals surface area contributed by atoms with Crippen molar-refractivity contribution in [3.63, 3.8) is 0 Å². The van der Waals surface area contributed by atoms with Crippen molar-refractivity contribution >= 4 is 6.09 Å². The van der Waals surface area contributed by atoms with Gasteiger partial charge in [0.2, 0.25) is 0 Å². The number of amides is 1. The molecule has 0 saturated carbocycles. The first-order chi connectivity index (χ1) is 7.42. The van der Waals surface area contributed by atoms with Gasteiger partial charge in [-0.3, -0.25) is 11.3 Å². The minimum absolute atomic E-state index is 0.214. The molecular formula is C11H23N3O2. The molecule has 1 atom stereocenters. The molecule has 16 heavy (non-hydrogen) atoms. The summed E-state index contributed by atoms with van der Waals surface area (Å²) in [6.07, 6.45) is 1.92. The van der Waals surface area contributed by atoms with Crippen LogP contribution in [-0.4, -0.2) is 36.2 Å². The summed E-state index contributed by atoms with van der Waals surface area (Å²) >= 11 is 0. The predicted octanol–water partition coefficient (Wildman–Crippen LogP) is 1.10. The van der Waals surface area contributed by atoms with Gasteiger partial charge in [0.05, 0.1) is 0 Å². The third-order valence-corrected chi connectivity index (χ3v) is 2.58. The zero-order valence-corrected chi connectivity index (χ0v) is 10.5. The van der Waals surface area contributed by atoms with Crippen molar-refractivity contribution in [1.29, 1.82) is 0 Å². The van der Waals surface area contributed by atoms with Crippen LogP contribution in [0.2, 0.25) is 0 Å². The summed E-state index contributed by atoms with van der Waals surface area (Å²) in [5.74, 6) is 5.73. The van der Waals surface area contributed by atoms with Crippen LogP contribution in [0.4, 0.5) is 4.79 Å². The molecule has 0 unspecified atom stereocenters. The number of hydrogen-bond donors (Lipinski definition) is 2. The Morgan fingerprint density at radius 1 is 1.56 bits per heavy atom. The first kappa shape index (κ1) is 13.3. The lowest BCUT2D eigenvalue weighted by atomic mass is 9.99. The molecule has 1 fully saturated rings. The number of carbonyl (C=O) groups is 1. The molecule has 5 heteroatoms. The van der Waals surface area contributed by atoms with Crippen molar-refractivity contribution in [1.82, 2.24) is 10.3 Å². The van der Waals surface area contributed by atoms with Gasteiger partial charge in [-0.2, -0.15) is 0 Å². The van der Waals surface area contributed by atoms with Crippen molar-refractivity contribution in [2.24, 2.45) is 11.8 Å². The second-order valence-corrected chi connectivity index (χ2v) is 5.34. The number of nitrogens with two attached hydrogens (primary N) is 1. The standard InChI is InChI=1S/C11H23N3O2/c1-11(2,3)16-10(15)14-6-4-5-9(8-14)7-13-12/h9,13H,4-8,12H2,1-3H3/t9-/m0/s1. The average Bonchev–Trinajstić information content (AvgIpc) is 2.16. The maximum absolute atomic E-state index is 11.8. The van der Waals surface area contributed by atoms with Gasteiger partial charge >= 0.3 is 6.09 Å². The number of nitrogens with zero attached hydrogens (tertiary/aromatic N) is 1. The Kier molecular flexibility index (Phi) is 4.56. The van der Waals surface area contributed by atoms with Gasteiger partial charge in [0.25, 0.3) is 0 Å². The van der Waals surface area contributed by atoms with Crippen LogP contribution >= 0.6 is 0 Å². The van der Waals surface area contributed by atoms with Gasteiger partial charge < -0.3 is 9.64 Å². The zero-order chi connectivity index (χ0) is 12.2. The molecule has 0 radical (unpaired) electrons. The molecule has 1 saturated heterocycles. The molecule has 0 aromatic rings. The Labute approximate surface area is 97.3 Å². The van der Waals surface area contributed by atoms with Gasteiger partial charge in [-0.15, -0.1) is 0 Å². The van der Waals surface area contributed by atoms with Gasteiger partial charge in [-0.25, -0.2) is 4.79 Å². The molecule has 1 amide bonds. The molecule has 94 valence electrons. The van der Waals surface area contributed by atoms with E-state index >= 15 is 0 Å². The van der Waals surface area contributed by atoms with Crippen molar-refractivity contribution in [2.75, 3.05) is 19.6 Å². The fourth-order valence-corrected chi connectivity index (χ4v) is 1.89. The number of piperidine rings is 1. The summed E-state index contributed by atoms with van der Waals surface area (Å²) in [5, 5.41) is 0. The van der Waals surface area contributed by atoms with E-state index in [0.29, 0.717) is 5.92 Å². The SMILES string of the molecule is CC(C)(C)OC(=O)N1CCC[C@@H](CNN)C1. The predicted molar refractivity (Wildman–Crippen MR) is 62.7 cm³/mol. The van der Waals surface area contributed by atoms with Gasteiger partial charge in [-0.1, -0.05) is 0 Å². The molecule has 0 bridgehead atoms. The maximum atomic E-state index is 11.8. The van der Waals surface area contributed by atoms with Crippen LogP contribution in [0.5, 0.6) is 0 Å². The molecule has 0 aromatic carbocycles. The summed E-state index contributed by atoms with van der Waals surface area (Å²) in [6, 6.07) is 0. The Bertz CT molecular complexity index is 236. The number of hydrazine groups is 1. The summed E-state index contributed by atoms with van der Waals surface area (Å²) in [7, 11) is 0. The number of hydrogen-bond acceptors (Lipinski definition) is 4. The topological polar surface area (TPSA) is 67.6 Å². The van der Waals surface area contributed by atoms with Gasteiger partial charge in [0.1, 0.15) is 5.60 Å². The van der Waals surface area contributed by atoms with E-state index in [1.165, 1.54) is 0 Å². The second kappa shape index (κ2) is 5.50. The second-order valence-electron chi connectivity index (χ2n) is 5.34. The molecule has 1 aliphatic rings. The number of rotatable bonds is 2. The number of nitrogens with one attached hydrogen (secondary N) is 1. The quantitative estimate of drug-likeness (QED) is 0.549. The highest BCUT2D eigenvalue weighted by Crippen LogP contribution is 2.18. The van der Waals surface area contributed by atoms with Crippen LogP contribution in [-0.2, 0) is 4.74 Å². The van der Waals surface area contributed by atoms with E-state index in [1.807, 2.05) is 20.8 Å². The van der Waals surface area contributed by atoms with Crippen molar-refractivity contribution in [3.8, 4) is 0 Å². The van der Waals surface area contributed by atoms with Gasteiger partial charge in [0, 0.05) is 19.6 Å².